The van der Waals surface area contributed by atoms with Gasteiger partial charge in [0.15, 0.2) is 0 Å². The van der Waals surface area contributed by atoms with Crippen molar-refractivity contribution in [2.24, 2.45) is 0 Å². The molecular formula is C18H14N2O4. The van der Waals surface area contributed by atoms with E-state index in [0.717, 1.165) is 0 Å². The van der Waals surface area contributed by atoms with Crippen LogP contribution in [0.4, 0.5) is 0 Å². The number of esters is 2. The molecule has 0 saturated carbocycles. The Morgan fingerprint density at radius 2 is 1.33 bits per heavy atom. The first-order valence-corrected chi connectivity index (χ1v) is 7.33. The van der Waals surface area contributed by atoms with Gasteiger partial charge in [-0.2, -0.15) is 10.5 Å². The van der Waals surface area contributed by atoms with E-state index < -0.39 is 11.9 Å². The Morgan fingerprint density at radius 3 is 1.67 bits per heavy atom. The minimum atomic E-state index is -0.695. The number of nitrogens with zero attached hydrogens (tertiary/aromatic N) is 2. The highest BCUT2D eigenvalue weighted by atomic mass is 16.5. The molecular weight excluding hydrogens is 308 g/mol. The minimum Gasteiger partial charge on any atom is -0.462 e. The SMILES string of the molecule is CCOC(=O)c1c2ccc(C#N)ccc-2c(C(=O)OCC)c1C#N. The molecule has 0 atom stereocenters. The summed E-state index contributed by atoms with van der Waals surface area (Å²) in [4.78, 5) is 24.6. The lowest BCUT2D eigenvalue weighted by molar-refractivity contribution is 0.0525. The van der Waals surface area contributed by atoms with E-state index in [1.54, 1.807) is 13.8 Å². The summed E-state index contributed by atoms with van der Waals surface area (Å²) >= 11 is 0. The lowest BCUT2D eigenvalue weighted by atomic mass is 10.1. The van der Waals surface area contributed by atoms with Crippen LogP contribution in [-0.2, 0) is 9.47 Å². The van der Waals surface area contributed by atoms with Gasteiger partial charge in [0.05, 0.1) is 41.5 Å². The van der Waals surface area contributed by atoms with Crippen LogP contribution in [0.1, 0.15) is 45.7 Å². The lowest BCUT2D eigenvalue weighted by Gasteiger charge is -2.02. The summed E-state index contributed by atoms with van der Waals surface area (Å²) in [5.41, 5.74) is 1.04. The van der Waals surface area contributed by atoms with Gasteiger partial charge >= 0.3 is 11.9 Å². The van der Waals surface area contributed by atoms with Crippen molar-refractivity contribution < 1.29 is 19.1 Å². The summed E-state index contributed by atoms with van der Waals surface area (Å²) in [5, 5.41) is 18.5. The fourth-order valence-electron chi connectivity index (χ4n) is 2.43. The Hall–Kier alpha value is -3.38. The molecule has 2 aliphatic rings. The van der Waals surface area contributed by atoms with Gasteiger partial charge in [-0.05, 0) is 37.1 Å². The molecule has 2 rings (SSSR count). The van der Waals surface area contributed by atoms with Crippen molar-refractivity contribution in [3.8, 4) is 23.3 Å². The Labute approximate surface area is 139 Å². The molecule has 0 radical (unpaired) electrons. The number of nitriles is 2. The maximum Gasteiger partial charge on any atom is 0.340 e. The van der Waals surface area contributed by atoms with Gasteiger partial charge in [0.25, 0.3) is 0 Å². The van der Waals surface area contributed by atoms with Crippen molar-refractivity contribution in [2.45, 2.75) is 13.8 Å². The molecule has 24 heavy (non-hydrogen) atoms. The highest BCUT2D eigenvalue weighted by Gasteiger charge is 2.32. The van der Waals surface area contributed by atoms with Crippen molar-refractivity contribution >= 4 is 11.9 Å². The molecule has 6 heteroatoms. The fraction of sp³-hybridized carbons (Fsp3) is 0.222. The number of carbonyl (C=O) groups is 2. The molecule has 0 fully saturated rings. The zero-order chi connectivity index (χ0) is 17.7. The summed E-state index contributed by atoms with van der Waals surface area (Å²) in [7, 11) is 0. The van der Waals surface area contributed by atoms with Crippen LogP contribution in [0.2, 0.25) is 0 Å². The van der Waals surface area contributed by atoms with Crippen LogP contribution in [0.25, 0.3) is 11.1 Å². The Kier molecular flexibility index (Phi) is 5.13. The van der Waals surface area contributed by atoms with Crippen LogP contribution in [-0.4, -0.2) is 25.2 Å². The van der Waals surface area contributed by atoms with Gasteiger partial charge in [-0.25, -0.2) is 9.59 Å². The molecule has 0 aliphatic heterocycles. The zero-order valence-corrected chi connectivity index (χ0v) is 13.3. The second-order valence-corrected chi connectivity index (χ2v) is 4.74. The number of ether oxygens (including phenoxy) is 2. The van der Waals surface area contributed by atoms with E-state index in [2.05, 4.69) is 0 Å². The van der Waals surface area contributed by atoms with Gasteiger partial charge in [0.2, 0.25) is 0 Å². The average molecular weight is 322 g/mol. The molecule has 0 N–H and O–H groups in total. The molecule has 0 amide bonds. The third-order valence-corrected chi connectivity index (χ3v) is 3.39. The molecule has 0 bridgehead atoms. The summed E-state index contributed by atoms with van der Waals surface area (Å²) in [6.07, 6.45) is 0. The number of carbonyl (C=O) groups excluding carboxylic acids is 2. The third kappa shape index (κ3) is 2.90. The van der Waals surface area contributed by atoms with Crippen LogP contribution in [0.5, 0.6) is 0 Å². The standard InChI is InChI=1S/C18H14N2O4/c1-3-23-17(21)15-12-7-5-11(9-19)6-8-13(12)16(14(15)10-20)18(22)24-4-2/h5-8H,3-4H2,1-2H3. The van der Waals surface area contributed by atoms with E-state index >= 15 is 0 Å². The largest absolute Gasteiger partial charge is 0.462 e. The van der Waals surface area contributed by atoms with E-state index in [0.29, 0.717) is 16.7 Å². The Bertz CT molecular complexity index is 803. The number of hydrogen-bond donors (Lipinski definition) is 0. The fourth-order valence-corrected chi connectivity index (χ4v) is 2.43. The van der Waals surface area contributed by atoms with Crippen molar-refractivity contribution in [1.82, 2.24) is 0 Å². The van der Waals surface area contributed by atoms with Gasteiger partial charge in [-0.3, -0.25) is 0 Å². The maximum absolute atomic E-state index is 12.3. The average Bonchev–Trinajstić information content (AvgIpc) is 2.74. The molecule has 120 valence electrons. The highest BCUT2D eigenvalue weighted by Crippen LogP contribution is 2.37. The lowest BCUT2D eigenvalue weighted by Crippen LogP contribution is -2.08. The monoisotopic (exact) mass is 322 g/mol. The van der Waals surface area contributed by atoms with Crippen molar-refractivity contribution in [3.05, 3.63) is 46.5 Å². The first-order valence-electron chi connectivity index (χ1n) is 7.33. The van der Waals surface area contributed by atoms with E-state index in [1.807, 2.05) is 12.1 Å². The normalized spacial score (nSPS) is 9.83. The number of rotatable bonds is 4. The van der Waals surface area contributed by atoms with E-state index in [9.17, 15) is 14.9 Å². The van der Waals surface area contributed by atoms with Crippen LogP contribution in [0.3, 0.4) is 0 Å². The van der Waals surface area contributed by atoms with Crippen LogP contribution < -0.4 is 0 Å². The molecule has 0 aromatic rings. The summed E-state index contributed by atoms with van der Waals surface area (Å²) in [6, 6.07) is 9.99. The molecule has 0 unspecified atom stereocenters. The summed E-state index contributed by atoms with van der Waals surface area (Å²) < 4.78 is 10.0. The minimum absolute atomic E-state index is 0.0116. The van der Waals surface area contributed by atoms with Crippen LogP contribution >= 0.6 is 0 Å². The van der Waals surface area contributed by atoms with E-state index in [-0.39, 0.29) is 29.9 Å². The van der Waals surface area contributed by atoms with Crippen molar-refractivity contribution in [2.75, 3.05) is 13.2 Å². The highest BCUT2D eigenvalue weighted by molar-refractivity contribution is 6.11. The van der Waals surface area contributed by atoms with Gasteiger partial charge in [-0.1, -0.05) is 12.1 Å². The maximum atomic E-state index is 12.3. The van der Waals surface area contributed by atoms with Crippen LogP contribution in [0.15, 0.2) is 24.3 Å². The van der Waals surface area contributed by atoms with Gasteiger partial charge in [0, 0.05) is 0 Å². The first-order chi connectivity index (χ1) is 11.6. The van der Waals surface area contributed by atoms with E-state index in [4.69, 9.17) is 14.7 Å². The molecule has 6 nitrogen and oxygen atoms in total. The summed E-state index contributed by atoms with van der Waals surface area (Å²) in [5.74, 6) is -1.39. The topological polar surface area (TPSA) is 100 Å². The number of fused-ring (bicyclic) bond motifs is 1. The van der Waals surface area contributed by atoms with E-state index in [1.165, 1.54) is 24.3 Å². The smallest absolute Gasteiger partial charge is 0.340 e. The Morgan fingerprint density at radius 1 is 0.875 bits per heavy atom. The molecule has 0 saturated heterocycles. The Balaban J connectivity index is 2.85. The molecule has 0 aromatic carbocycles. The molecule has 2 aliphatic carbocycles. The van der Waals surface area contributed by atoms with Gasteiger partial charge < -0.3 is 9.47 Å². The quantitative estimate of drug-likeness (QED) is 0.802. The predicted molar refractivity (Wildman–Crippen MR) is 84.4 cm³/mol. The zero-order valence-electron chi connectivity index (χ0n) is 13.3. The summed E-state index contributed by atoms with van der Waals surface area (Å²) in [6.45, 7) is 3.56. The van der Waals surface area contributed by atoms with Crippen molar-refractivity contribution in [1.29, 1.82) is 10.5 Å². The second-order valence-electron chi connectivity index (χ2n) is 4.74. The number of hydrogen-bond acceptors (Lipinski definition) is 6. The van der Waals surface area contributed by atoms with Gasteiger partial charge in [0.1, 0.15) is 6.07 Å². The predicted octanol–water partition coefficient (Wildman–Crippen LogP) is 2.89. The molecule has 0 spiro atoms. The van der Waals surface area contributed by atoms with Crippen molar-refractivity contribution in [3.63, 3.8) is 0 Å². The van der Waals surface area contributed by atoms with Crippen LogP contribution in [0, 0.1) is 22.7 Å². The van der Waals surface area contributed by atoms with Gasteiger partial charge in [-0.15, -0.1) is 0 Å². The molecule has 0 aromatic heterocycles. The third-order valence-electron chi connectivity index (χ3n) is 3.39. The first kappa shape index (κ1) is 17.0. The molecule has 0 heterocycles. The second kappa shape index (κ2) is 7.26.